The molecule has 0 aromatic carbocycles. The zero-order chi connectivity index (χ0) is 12.1. The molecule has 0 spiro atoms. The number of aryl methyl sites for hydroxylation is 1. The van der Waals surface area contributed by atoms with E-state index in [2.05, 4.69) is 9.97 Å². The predicted octanol–water partition coefficient (Wildman–Crippen LogP) is 1.64. The van der Waals surface area contributed by atoms with Gasteiger partial charge in [0.2, 0.25) is 0 Å². The number of hydrogen-bond donors (Lipinski definition) is 1. The molecule has 2 aromatic heterocycles. The molecule has 0 saturated heterocycles. The normalized spacial score (nSPS) is 10.7. The fourth-order valence-electron chi connectivity index (χ4n) is 1.50. The monoisotopic (exact) mass is 249 g/mol. The van der Waals surface area contributed by atoms with Gasteiger partial charge in [0, 0.05) is 24.7 Å². The molecule has 0 aliphatic rings. The maximum atomic E-state index is 9.06. The van der Waals surface area contributed by atoms with Crippen molar-refractivity contribution in [3.63, 3.8) is 0 Å². The molecule has 4 nitrogen and oxygen atoms in total. The molecule has 17 heavy (non-hydrogen) atoms. The largest absolute Gasteiger partial charge is 0.390 e. The fraction of sp³-hybridized carbons (Fsp3) is 0.333. The van der Waals surface area contributed by atoms with Crippen LogP contribution in [-0.2, 0) is 20.1 Å². The smallest absolute Gasteiger partial charge is 0.167 e. The molecule has 0 unspecified atom stereocenters. The van der Waals surface area contributed by atoms with Gasteiger partial charge in [-0.3, -0.25) is 4.98 Å². The third kappa shape index (κ3) is 3.08. The first kappa shape index (κ1) is 12.1. The number of hydrogen-bond acceptors (Lipinski definition) is 4. The first-order valence-electron chi connectivity index (χ1n) is 5.45. The van der Waals surface area contributed by atoms with Gasteiger partial charge in [-0.15, -0.1) is 0 Å². The molecule has 5 heteroatoms. The lowest BCUT2D eigenvalue weighted by atomic mass is 10.3. The van der Waals surface area contributed by atoms with Crippen LogP contribution in [0, 0.1) is 0 Å². The summed E-state index contributed by atoms with van der Waals surface area (Å²) < 4.78 is 1.92. The van der Waals surface area contributed by atoms with Crippen molar-refractivity contribution in [2.75, 3.05) is 5.75 Å². The lowest BCUT2D eigenvalue weighted by Gasteiger charge is -2.03. The van der Waals surface area contributed by atoms with Crippen LogP contribution in [0.4, 0.5) is 0 Å². The summed E-state index contributed by atoms with van der Waals surface area (Å²) in [6.45, 7) is 0.0320. The van der Waals surface area contributed by atoms with Crippen molar-refractivity contribution in [3.8, 4) is 0 Å². The Morgan fingerprint density at radius 3 is 2.88 bits per heavy atom. The van der Waals surface area contributed by atoms with Gasteiger partial charge in [0.25, 0.3) is 0 Å². The number of aromatic nitrogens is 3. The van der Waals surface area contributed by atoms with Crippen LogP contribution >= 0.6 is 11.8 Å². The molecule has 0 saturated carbocycles. The highest BCUT2D eigenvalue weighted by molar-refractivity contribution is 7.99. The Balaban J connectivity index is 1.88. The number of aliphatic hydroxyl groups excluding tert-OH is 1. The highest BCUT2D eigenvalue weighted by atomic mass is 32.2. The lowest BCUT2D eigenvalue weighted by Crippen LogP contribution is -1.99. The molecule has 0 radical (unpaired) electrons. The third-order valence-corrected chi connectivity index (χ3v) is 3.56. The second-order valence-corrected chi connectivity index (χ2v) is 4.73. The molecule has 0 fully saturated rings. The summed E-state index contributed by atoms with van der Waals surface area (Å²) in [6.07, 6.45) is 4.44. The van der Waals surface area contributed by atoms with Gasteiger partial charge in [-0.1, -0.05) is 17.8 Å². The Bertz CT molecular complexity index is 470. The number of nitrogens with zero attached hydrogens (tertiary/aromatic N) is 3. The highest BCUT2D eigenvalue weighted by Crippen LogP contribution is 2.18. The van der Waals surface area contributed by atoms with Crippen LogP contribution in [-0.4, -0.2) is 25.4 Å². The molecular weight excluding hydrogens is 234 g/mol. The molecule has 0 atom stereocenters. The van der Waals surface area contributed by atoms with Gasteiger partial charge in [-0.25, -0.2) is 4.98 Å². The highest BCUT2D eigenvalue weighted by Gasteiger charge is 2.05. The number of aliphatic hydroxyl groups is 1. The zero-order valence-electron chi connectivity index (χ0n) is 9.71. The van der Waals surface area contributed by atoms with Gasteiger partial charge >= 0.3 is 0 Å². The van der Waals surface area contributed by atoms with Gasteiger partial charge in [0.1, 0.15) is 0 Å². The number of pyridine rings is 1. The molecule has 2 rings (SSSR count). The average Bonchev–Trinajstić information content (AvgIpc) is 2.72. The van der Waals surface area contributed by atoms with E-state index in [1.54, 1.807) is 18.0 Å². The van der Waals surface area contributed by atoms with Gasteiger partial charge in [0.05, 0.1) is 18.5 Å². The quantitative estimate of drug-likeness (QED) is 0.819. The fourth-order valence-corrected chi connectivity index (χ4v) is 2.43. The maximum absolute atomic E-state index is 9.06. The van der Waals surface area contributed by atoms with Crippen LogP contribution in [0.2, 0.25) is 0 Å². The summed E-state index contributed by atoms with van der Waals surface area (Å²) in [5.74, 6) is 0.937. The topological polar surface area (TPSA) is 50.9 Å². The Hall–Kier alpha value is -1.33. The summed E-state index contributed by atoms with van der Waals surface area (Å²) >= 11 is 1.68. The van der Waals surface area contributed by atoms with E-state index in [4.69, 9.17) is 5.11 Å². The van der Waals surface area contributed by atoms with Crippen molar-refractivity contribution in [3.05, 3.63) is 42.0 Å². The summed E-state index contributed by atoms with van der Waals surface area (Å²) in [5, 5.41) is 9.99. The minimum Gasteiger partial charge on any atom is -0.390 e. The molecule has 1 N–H and O–H groups in total. The molecule has 90 valence electrons. The van der Waals surface area contributed by atoms with E-state index in [0.717, 1.165) is 28.7 Å². The van der Waals surface area contributed by atoms with E-state index in [-0.39, 0.29) is 6.61 Å². The van der Waals surface area contributed by atoms with E-state index in [9.17, 15) is 0 Å². The lowest BCUT2D eigenvalue weighted by molar-refractivity contribution is 0.271. The van der Waals surface area contributed by atoms with E-state index < -0.39 is 0 Å². The SMILES string of the molecule is Cn1c(CO)cnc1SCCc1ccccn1. The first-order valence-corrected chi connectivity index (χ1v) is 6.44. The Morgan fingerprint density at radius 2 is 2.24 bits per heavy atom. The molecule has 0 amide bonds. The van der Waals surface area contributed by atoms with Crippen LogP contribution in [0.3, 0.4) is 0 Å². The zero-order valence-corrected chi connectivity index (χ0v) is 10.5. The van der Waals surface area contributed by atoms with Crippen molar-refractivity contribution in [1.82, 2.24) is 14.5 Å². The van der Waals surface area contributed by atoms with Crippen molar-refractivity contribution in [2.45, 2.75) is 18.2 Å². The Morgan fingerprint density at radius 1 is 1.35 bits per heavy atom. The first-order chi connectivity index (χ1) is 8.31. The van der Waals surface area contributed by atoms with E-state index in [0.29, 0.717) is 0 Å². The van der Waals surface area contributed by atoms with Crippen molar-refractivity contribution in [1.29, 1.82) is 0 Å². The van der Waals surface area contributed by atoms with E-state index in [1.165, 1.54) is 0 Å². The number of imidazole rings is 1. The maximum Gasteiger partial charge on any atom is 0.167 e. The molecule has 2 aromatic rings. The second kappa shape index (κ2) is 5.84. The number of thioether (sulfide) groups is 1. The van der Waals surface area contributed by atoms with Crippen LogP contribution in [0.15, 0.2) is 35.7 Å². The second-order valence-electron chi connectivity index (χ2n) is 3.67. The van der Waals surface area contributed by atoms with Gasteiger partial charge in [-0.05, 0) is 18.6 Å². The summed E-state index contributed by atoms with van der Waals surface area (Å²) in [4.78, 5) is 8.54. The summed E-state index contributed by atoms with van der Waals surface area (Å²) in [7, 11) is 1.92. The summed E-state index contributed by atoms with van der Waals surface area (Å²) in [6, 6.07) is 5.94. The molecule has 0 aliphatic heterocycles. The average molecular weight is 249 g/mol. The standard InChI is InChI=1S/C12H15N3OS/c1-15-11(9-16)8-14-12(15)17-7-5-10-4-2-3-6-13-10/h2-4,6,8,16H,5,7,9H2,1H3. The van der Waals surface area contributed by atoms with Gasteiger partial charge in [0.15, 0.2) is 5.16 Å². The van der Waals surface area contributed by atoms with E-state index in [1.807, 2.05) is 36.0 Å². The van der Waals surface area contributed by atoms with Gasteiger partial charge in [-0.2, -0.15) is 0 Å². The van der Waals surface area contributed by atoms with Crippen LogP contribution in [0.1, 0.15) is 11.4 Å². The molecule has 0 aliphatic carbocycles. The molecule has 2 heterocycles. The third-order valence-electron chi connectivity index (χ3n) is 2.52. The van der Waals surface area contributed by atoms with Crippen LogP contribution in [0.25, 0.3) is 0 Å². The number of rotatable bonds is 5. The van der Waals surface area contributed by atoms with E-state index >= 15 is 0 Å². The molecule has 0 bridgehead atoms. The Kier molecular flexibility index (Phi) is 4.17. The molecular formula is C12H15N3OS. The summed E-state index contributed by atoms with van der Waals surface area (Å²) in [5.41, 5.74) is 1.93. The van der Waals surface area contributed by atoms with Crippen molar-refractivity contribution >= 4 is 11.8 Å². The van der Waals surface area contributed by atoms with Crippen molar-refractivity contribution < 1.29 is 5.11 Å². The van der Waals surface area contributed by atoms with Gasteiger partial charge < -0.3 is 9.67 Å². The predicted molar refractivity (Wildman–Crippen MR) is 67.8 cm³/mol. The van der Waals surface area contributed by atoms with Crippen LogP contribution < -0.4 is 0 Å². The van der Waals surface area contributed by atoms with Crippen LogP contribution in [0.5, 0.6) is 0 Å². The Labute approximate surface area is 105 Å². The minimum absolute atomic E-state index is 0.0320. The van der Waals surface area contributed by atoms with Crippen molar-refractivity contribution in [2.24, 2.45) is 7.05 Å². The minimum atomic E-state index is 0.0320.